The highest BCUT2D eigenvalue weighted by molar-refractivity contribution is 7.18. The number of para-hydroxylation sites is 1. The Bertz CT molecular complexity index is 668. The zero-order valence-corrected chi connectivity index (χ0v) is 15.1. The molecular formula is C17H23N3O3S. The lowest BCUT2D eigenvalue weighted by atomic mass is 10.3. The Labute approximate surface area is 145 Å². The molecule has 7 heteroatoms. The zero-order valence-electron chi connectivity index (χ0n) is 14.2. The van der Waals surface area contributed by atoms with Crippen LogP contribution in [0.15, 0.2) is 24.3 Å². The number of benzene rings is 1. The van der Waals surface area contributed by atoms with Crippen LogP contribution in [-0.4, -0.2) is 49.0 Å². The molecule has 24 heavy (non-hydrogen) atoms. The molecule has 0 spiro atoms. The van der Waals surface area contributed by atoms with Crippen molar-refractivity contribution in [2.45, 2.75) is 25.8 Å². The van der Waals surface area contributed by atoms with Gasteiger partial charge in [-0.25, -0.2) is 4.98 Å². The summed E-state index contributed by atoms with van der Waals surface area (Å²) < 4.78 is 5.71. The first-order chi connectivity index (χ1) is 11.5. The van der Waals surface area contributed by atoms with E-state index in [1.54, 1.807) is 11.3 Å². The summed E-state index contributed by atoms with van der Waals surface area (Å²) in [6, 6.07) is 8.08. The fraction of sp³-hybridized carbons (Fsp3) is 0.471. The first-order valence-corrected chi connectivity index (χ1v) is 8.72. The Morgan fingerprint density at radius 2 is 2.12 bits per heavy atom. The molecule has 0 fully saturated rings. The molecular weight excluding hydrogens is 326 g/mol. The maximum atomic E-state index is 12.0. The van der Waals surface area contributed by atoms with Crippen molar-refractivity contribution in [2.75, 3.05) is 27.2 Å². The first-order valence-electron chi connectivity index (χ1n) is 7.90. The van der Waals surface area contributed by atoms with Crippen molar-refractivity contribution in [1.82, 2.24) is 15.2 Å². The average molecular weight is 349 g/mol. The van der Waals surface area contributed by atoms with E-state index in [0.717, 1.165) is 15.2 Å². The SMILES string of the molecule is COC(=O)CCCNC(=O)CN(C)[C@H](C)c1nc2ccccc2s1. The van der Waals surface area contributed by atoms with Crippen LogP contribution in [0.3, 0.4) is 0 Å². The molecule has 1 atom stereocenters. The second kappa shape index (κ2) is 8.75. The van der Waals surface area contributed by atoms with Crippen LogP contribution >= 0.6 is 11.3 Å². The highest BCUT2D eigenvalue weighted by Crippen LogP contribution is 2.28. The molecule has 0 aliphatic rings. The molecule has 1 aromatic heterocycles. The monoisotopic (exact) mass is 349 g/mol. The number of aromatic nitrogens is 1. The summed E-state index contributed by atoms with van der Waals surface area (Å²) in [5.41, 5.74) is 0.991. The van der Waals surface area contributed by atoms with Crippen molar-refractivity contribution in [3.8, 4) is 0 Å². The van der Waals surface area contributed by atoms with Crippen molar-refractivity contribution >= 4 is 33.4 Å². The van der Waals surface area contributed by atoms with Gasteiger partial charge in [-0.1, -0.05) is 12.1 Å². The fourth-order valence-electron chi connectivity index (χ4n) is 2.24. The van der Waals surface area contributed by atoms with Crippen LogP contribution in [-0.2, 0) is 14.3 Å². The summed E-state index contributed by atoms with van der Waals surface area (Å²) in [6.45, 7) is 2.80. The number of rotatable bonds is 8. The van der Waals surface area contributed by atoms with Crippen LogP contribution in [0.1, 0.15) is 30.8 Å². The van der Waals surface area contributed by atoms with Gasteiger partial charge in [-0.05, 0) is 32.5 Å². The second-order valence-corrected chi connectivity index (χ2v) is 6.70. The second-order valence-electron chi connectivity index (χ2n) is 5.64. The van der Waals surface area contributed by atoms with E-state index in [0.29, 0.717) is 19.4 Å². The number of likely N-dealkylation sites (N-methyl/N-ethyl adjacent to an activating group) is 1. The van der Waals surface area contributed by atoms with Crippen molar-refractivity contribution in [2.24, 2.45) is 0 Å². The largest absolute Gasteiger partial charge is 0.469 e. The number of carbonyl (C=O) groups is 2. The summed E-state index contributed by atoms with van der Waals surface area (Å²) in [4.78, 5) is 29.6. The summed E-state index contributed by atoms with van der Waals surface area (Å²) in [5, 5.41) is 3.82. The number of hydrogen-bond donors (Lipinski definition) is 1. The molecule has 0 unspecified atom stereocenters. The van der Waals surface area contributed by atoms with Gasteiger partial charge in [0.15, 0.2) is 0 Å². The fourth-order valence-corrected chi connectivity index (χ4v) is 3.32. The van der Waals surface area contributed by atoms with Crippen LogP contribution in [0.2, 0.25) is 0 Å². The van der Waals surface area contributed by atoms with Gasteiger partial charge in [0.1, 0.15) is 5.01 Å². The van der Waals surface area contributed by atoms with Crippen molar-refractivity contribution in [1.29, 1.82) is 0 Å². The quantitative estimate of drug-likeness (QED) is 0.585. The van der Waals surface area contributed by atoms with Crippen LogP contribution in [0, 0.1) is 0 Å². The van der Waals surface area contributed by atoms with Crippen LogP contribution in [0.5, 0.6) is 0 Å². The maximum Gasteiger partial charge on any atom is 0.305 e. The summed E-state index contributed by atoms with van der Waals surface area (Å²) in [7, 11) is 3.27. The smallest absolute Gasteiger partial charge is 0.305 e. The zero-order chi connectivity index (χ0) is 17.5. The van der Waals surface area contributed by atoms with Gasteiger partial charge in [0.2, 0.25) is 5.91 Å². The molecule has 2 rings (SSSR count). The number of fused-ring (bicyclic) bond motifs is 1. The lowest BCUT2D eigenvalue weighted by Crippen LogP contribution is -2.36. The predicted octanol–water partition coefficient (Wildman–Crippen LogP) is 2.36. The molecule has 130 valence electrons. The number of ether oxygens (including phenoxy) is 1. The number of methoxy groups -OCH3 is 1. The third-order valence-electron chi connectivity index (χ3n) is 3.83. The number of esters is 1. The van der Waals surface area contributed by atoms with Gasteiger partial charge in [0, 0.05) is 13.0 Å². The van der Waals surface area contributed by atoms with Crippen LogP contribution in [0.4, 0.5) is 0 Å². The molecule has 0 radical (unpaired) electrons. The molecule has 0 aliphatic carbocycles. The maximum absolute atomic E-state index is 12.0. The molecule has 0 saturated heterocycles. The van der Waals surface area contributed by atoms with E-state index in [4.69, 9.17) is 0 Å². The van der Waals surface area contributed by atoms with Gasteiger partial charge in [-0.3, -0.25) is 14.5 Å². The predicted molar refractivity (Wildman–Crippen MR) is 94.9 cm³/mol. The Hall–Kier alpha value is -1.99. The molecule has 0 saturated carbocycles. The third-order valence-corrected chi connectivity index (χ3v) is 5.04. The Morgan fingerprint density at radius 3 is 2.83 bits per heavy atom. The van der Waals surface area contributed by atoms with Crippen LogP contribution in [0.25, 0.3) is 10.2 Å². The highest BCUT2D eigenvalue weighted by atomic mass is 32.1. The van der Waals surface area contributed by atoms with Gasteiger partial charge in [-0.2, -0.15) is 0 Å². The number of thiazole rings is 1. The van der Waals surface area contributed by atoms with E-state index in [9.17, 15) is 9.59 Å². The van der Waals surface area contributed by atoms with Gasteiger partial charge < -0.3 is 10.1 Å². The Balaban J connectivity index is 1.81. The van der Waals surface area contributed by atoms with Gasteiger partial charge in [-0.15, -0.1) is 11.3 Å². The minimum atomic E-state index is -0.258. The number of amides is 1. The van der Waals surface area contributed by atoms with E-state index < -0.39 is 0 Å². The van der Waals surface area contributed by atoms with Crippen molar-refractivity contribution < 1.29 is 14.3 Å². The summed E-state index contributed by atoms with van der Waals surface area (Å²) in [5.74, 6) is -0.318. The minimum Gasteiger partial charge on any atom is -0.469 e. The number of nitrogens with zero attached hydrogens (tertiary/aromatic N) is 2. The van der Waals surface area contributed by atoms with Crippen molar-refractivity contribution in [3.05, 3.63) is 29.3 Å². The number of hydrogen-bond acceptors (Lipinski definition) is 6. The molecule has 0 bridgehead atoms. The topological polar surface area (TPSA) is 71.5 Å². The lowest BCUT2D eigenvalue weighted by Gasteiger charge is -2.22. The highest BCUT2D eigenvalue weighted by Gasteiger charge is 2.18. The Morgan fingerprint density at radius 1 is 1.38 bits per heavy atom. The molecule has 0 aliphatic heterocycles. The normalized spacial score (nSPS) is 12.3. The Kier molecular flexibility index (Phi) is 6.69. The number of carbonyl (C=O) groups excluding carboxylic acids is 2. The lowest BCUT2D eigenvalue weighted by molar-refractivity contribution is -0.140. The number of nitrogens with one attached hydrogen (secondary N) is 1. The van der Waals surface area contributed by atoms with Gasteiger partial charge >= 0.3 is 5.97 Å². The third kappa shape index (κ3) is 5.01. The van der Waals surface area contributed by atoms with E-state index in [-0.39, 0.29) is 24.5 Å². The molecule has 1 heterocycles. The van der Waals surface area contributed by atoms with Crippen molar-refractivity contribution in [3.63, 3.8) is 0 Å². The first kappa shape index (κ1) is 18.4. The summed E-state index contributed by atoms with van der Waals surface area (Å²) in [6.07, 6.45) is 0.893. The van der Waals surface area contributed by atoms with Gasteiger partial charge in [0.05, 0.1) is 29.9 Å². The average Bonchev–Trinajstić information content (AvgIpc) is 3.01. The van der Waals surface area contributed by atoms with E-state index in [1.165, 1.54) is 7.11 Å². The minimum absolute atomic E-state index is 0.0585. The van der Waals surface area contributed by atoms with E-state index in [2.05, 4.69) is 21.1 Å². The van der Waals surface area contributed by atoms with E-state index >= 15 is 0 Å². The molecule has 1 aromatic carbocycles. The molecule has 1 N–H and O–H groups in total. The summed E-state index contributed by atoms with van der Waals surface area (Å²) >= 11 is 1.65. The standard InChI is InChI=1S/C17H23N3O3S/c1-12(17-19-13-7-4-5-8-14(13)24-17)20(2)11-15(21)18-10-6-9-16(22)23-3/h4-5,7-8,12H,6,9-11H2,1-3H3,(H,18,21)/t12-/m1/s1. The molecule has 2 aromatic rings. The van der Waals surface area contributed by atoms with Gasteiger partial charge in [0.25, 0.3) is 0 Å². The van der Waals surface area contributed by atoms with E-state index in [1.807, 2.05) is 37.1 Å². The van der Waals surface area contributed by atoms with Crippen LogP contribution < -0.4 is 5.32 Å². The molecule has 6 nitrogen and oxygen atoms in total. The molecule has 1 amide bonds.